The van der Waals surface area contributed by atoms with Crippen molar-refractivity contribution < 1.29 is 13.2 Å². The minimum atomic E-state index is -3.48. The van der Waals surface area contributed by atoms with E-state index in [1.165, 1.54) is 21.1 Å². The molecule has 7 heteroatoms. The summed E-state index contributed by atoms with van der Waals surface area (Å²) in [5, 5.41) is 2.73. The molecular weight excluding hydrogens is 218 g/mol. The number of amides is 1. The molecule has 0 aromatic heterocycles. The number of rotatable bonds is 5. The zero-order chi connectivity index (χ0) is 11.6. The SMILES string of the molecule is CN(C)S(=O)(=O)N(C)CC(=O)NC1CC1. The molecule has 1 aliphatic carbocycles. The third kappa shape index (κ3) is 3.44. The van der Waals surface area contributed by atoms with Crippen molar-refractivity contribution in [3.05, 3.63) is 0 Å². The second-order valence-electron chi connectivity index (χ2n) is 3.89. The molecule has 1 amide bonds. The first kappa shape index (κ1) is 12.4. The summed E-state index contributed by atoms with van der Waals surface area (Å²) in [5.41, 5.74) is 0. The molecule has 1 aliphatic rings. The van der Waals surface area contributed by atoms with E-state index in [1.54, 1.807) is 0 Å². The normalized spacial score (nSPS) is 17.1. The van der Waals surface area contributed by atoms with Crippen molar-refractivity contribution in [2.24, 2.45) is 0 Å². The van der Waals surface area contributed by atoms with Gasteiger partial charge in [-0.25, -0.2) is 0 Å². The van der Waals surface area contributed by atoms with Gasteiger partial charge in [-0.05, 0) is 12.8 Å². The fraction of sp³-hybridized carbons (Fsp3) is 0.875. The molecular formula is C8H17N3O3S. The van der Waals surface area contributed by atoms with Gasteiger partial charge in [-0.15, -0.1) is 0 Å². The Bertz CT molecular complexity index is 335. The molecule has 15 heavy (non-hydrogen) atoms. The predicted molar refractivity (Wildman–Crippen MR) is 56.4 cm³/mol. The summed E-state index contributed by atoms with van der Waals surface area (Å²) in [6.07, 6.45) is 1.99. The van der Waals surface area contributed by atoms with Gasteiger partial charge in [0.25, 0.3) is 10.2 Å². The third-order valence-corrected chi connectivity index (χ3v) is 4.00. The van der Waals surface area contributed by atoms with Crippen LogP contribution in [0, 0.1) is 0 Å². The molecule has 0 saturated heterocycles. The standard InChI is InChI=1S/C8H17N3O3S/c1-10(2)15(13,14)11(3)6-8(12)9-7-4-5-7/h7H,4-6H2,1-3H3,(H,9,12). The van der Waals surface area contributed by atoms with Crippen LogP contribution in [0.15, 0.2) is 0 Å². The number of carbonyl (C=O) groups is 1. The molecule has 0 aromatic carbocycles. The topological polar surface area (TPSA) is 69.7 Å². The van der Waals surface area contributed by atoms with Gasteiger partial charge in [-0.3, -0.25) is 4.79 Å². The van der Waals surface area contributed by atoms with Crippen molar-refractivity contribution in [2.45, 2.75) is 18.9 Å². The maximum Gasteiger partial charge on any atom is 0.281 e. The zero-order valence-electron chi connectivity index (χ0n) is 9.23. The fourth-order valence-electron chi connectivity index (χ4n) is 1.06. The molecule has 0 bridgehead atoms. The van der Waals surface area contributed by atoms with E-state index in [-0.39, 0.29) is 18.5 Å². The predicted octanol–water partition coefficient (Wildman–Crippen LogP) is -0.997. The first-order valence-corrected chi connectivity index (χ1v) is 6.17. The number of likely N-dealkylation sites (N-methyl/N-ethyl adjacent to an activating group) is 1. The highest BCUT2D eigenvalue weighted by Crippen LogP contribution is 2.18. The number of nitrogens with one attached hydrogen (secondary N) is 1. The van der Waals surface area contributed by atoms with Crippen LogP contribution in [0.5, 0.6) is 0 Å². The summed E-state index contributed by atoms with van der Waals surface area (Å²) < 4.78 is 25.2. The van der Waals surface area contributed by atoms with Gasteiger partial charge >= 0.3 is 0 Å². The first-order chi connectivity index (χ1) is 6.84. The molecule has 0 spiro atoms. The Kier molecular flexibility index (Phi) is 3.69. The van der Waals surface area contributed by atoms with Gasteiger partial charge in [0.2, 0.25) is 5.91 Å². The number of hydrogen-bond donors (Lipinski definition) is 1. The highest BCUT2D eigenvalue weighted by Gasteiger charge is 2.27. The van der Waals surface area contributed by atoms with Gasteiger partial charge in [0, 0.05) is 27.2 Å². The van der Waals surface area contributed by atoms with Crippen molar-refractivity contribution in [2.75, 3.05) is 27.7 Å². The average Bonchev–Trinajstić information content (AvgIpc) is 2.87. The van der Waals surface area contributed by atoms with Crippen LogP contribution in [0.3, 0.4) is 0 Å². The number of hydrogen-bond acceptors (Lipinski definition) is 3. The minimum Gasteiger partial charge on any atom is -0.352 e. The Morgan fingerprint density at radius 1 is 1.33 bits per heavy atom. The van der Waals surface area contributed by atoms with E-state index in [1.807, 2.05) is 0 Å². The van der Waals surface area contributed by atoms with Crippen molar-refractivity contribution in [3.63, 3.8) is 0 Å². The first-order valence-electron chi connectivity index (χ1n) is 4.77. The number of carbonyl (C=O) groups excluding carboxylic acids is 1. The average molecular weight is 235 g/mol. The molecule has 88 valence electrons. The van der Waals surface area contributed by atoms with Crippen LogP contribution >= 0.6 is 0 Å². The van der Waals surface area contributed by atoms with Crippen molar-refractivity contribution in [3.8, 4) is 0 Å². The molecule has 1 fully saturated rings. The molecule has 0 atom stereocenters. The Hall–Kier alpha value is -0.660. The molecule has 0 heterocycles. The molecule has 0 aromatic rings. The molecule has 0 unspecified atom stereocenters. The maximum absolute atomic E-state index is 11.5. The summed E-state index contributed by atoms with van der Waals surface area (Å²) in [6, 6.07) is 0.257. The highest BCUT2D eigenvalue weighted by molar-refractivity contribution is 7.86. The molecule has 6 nitrogen and oxygen atoms in total. The summed E-state index contributed by atoms with van der Waals surface area (Å²) in [5.74, 6) is -0.245. The lowest BCUT2D eigenvalue weighted by Gasteiger charge is -2.20. The van der Waals surface area contributed by atoms with Crippen molar-refractivity contribution >= 4 is 16.1 Å². The molecule has 1 saturated carbocycles. The van der Waals surface area contributed by atoms with Crippen LogP contribution in [0.1, 0.15) is 12.8 Å². The second-order valence-corrected chi connectivity index (χ2v) is 6.14. The van der Waals surface area contributed by atoms with Crippen molar-refractivity contribution in [1.82, 2.24) is 13.9 Å². The highest BCUT2D eigenvalue weighted by atomic mass is 32.2. The van der Waals surface area contributed by atoms with E-state index >= 15 is 0 Å². The third-order valence-electron chi connectivity index (χ3n) is 2.16. The Morgan fingerprint density at radius 3 is 2.27 bits per heavy atom. The van der Waals surface area contributed by atoms with E-state index < -0.39 is 10.2 Å². The van der Waals surface area contributed by atoms with Crippen LogP contribution in [0.2, 0.25) is 0 Å². The van der Waals surface area contributed by atoms with Gasteiger partial charge < -0.3 is 5.32 Å². The summed E-state index contributed by atoms with van der Waals surface area (Å²) in [4.78, 5) is 11.3. The largest absolute Gasteiger partial charge is 0.352 e. The van der Waals surface area contributed by atoms with E-state index in [0.29, 0.717) is 0 Å². The molecule has 1 N–H and O–H groups in total. The Morgan fingerprint density at radius 2 is 1.87 bits per heavy atom. The monoisotopic (exact) mass is 235 g/mol. The zero-order valence-corrected chi connectivity index (χ0v) is 10.0. The second kappa shape index (κ2) is 4.46. The molecule has 1 rings (SSSR count). The van der Waals surface area contributed by atoms with Gasteiger partial charge in [0.15, 0.2) is 0 Å². The Balaban J connectivity index is 2.46. The van der Waals surface area contributed by atoms with E-state index in [0.717, 1.165) is 21.5 Å². The lowest BCUT2D eigenvalue weighted by atomic mass is 10.5. The summed E-state index contributed by atoms with van der Waals surface area (Å²) >= 11 is 0. The van der Waals surface area contributed by atoms with E-state index in [9.17, 15) is 13.2 Å². The summed E-state index contributed by atoms with van der Waals surface area (Å²) in [7, 11) is 0.779. The van der Waals surface area contributed by atoms with Crippen molar-refractivity contribution in [1.29, 1.82) is 0 Å². The fourth-order valence-corrected chi connectivity index (χ4v) is 1.90. The van der Waals surface area contributed by atoms with Crippen LogP contribution in [0.25, 0.3) is 0 Å². The van der Waals surface area contributed by atoms with Gasteiger partial charge in [0.1, 0.15) is 0 Å². The van der Waals surface area contributed by atoms with Gasteiger partial charge in [-0.1, -0.05) is 0 Å². The maximum atomic E-state index is 11.5. The van der Waals surface area contributed by atoms with Crippen LogP contribution < -0.4 is 5.32 Å². The van der Waals surface area contributed by atoms with Crippen LogP contribution in [0.4, 0.5) is 0 Å². The molecule has 0 radical (unpaired) electrons. The van der Waals surface area contributed by atoms with Gasteiger partial charge in [0.05, 0.1) is 6.54 Å². The Labute approximate surface area is 90.4 Å². The smallest absolute Gasteiger partial charge is 0.281 e. The quantitative estimate of drug-likeness (QED) is 0.664. The van der Waals surface area contributed by atoms with E-state index in [4.69, 9.17) is 0 Å². The lowest BCUT2D eigenvalue weighted by Crippen LogP contribution is -2.43. The molecule has 0 aliphatic heterocycles. The van der Waals surface area contributed by atoms with Crippen LogP contribution in [-0.2, 0) is 15.0 Å². The van der Waals surface area contributed by atoms with E-state index in [2.05, 4.69) is 5.32 Å². The number of nitrogens with zero attached hydrogens (tertiary/aromatic N) is 2. The minimum absolute atomic E-state index is 0.128. The summed E-state index contributed by atoms with van der Waals surface area (Å²) in [6.45, 7) is -0.128. The van der Waals surface area contributed by atoms with Gasteiger partial charge in [-0.2, -0.15) is 17.0 Å². The van der Waals surface area contributed by atoms with Crippen LogP contribution in [-0.4, -0.2) is 56.7 Å². The lowest BCUT2D eigenvalue weighted by molar-refractivity contribution is -0.121.